The molecule has 41 heavy (non-hydrogen) atoms. The third kappa shape index (κ3) is 3.57. The van der Waals surface area contributed by atoms with Crippen molar-refractivity contribution in [3.8, 4) is 22.8 Å². The van der Waals surface area contributed by atoms with Gasteiger partial charge in [0.15, 0.2) is 0 Å². The highest BCUT2D eigenvalue weighted by molar-refractivity contribution is 6.10. The van der Waals surface area contributed by atoms with Crippen LogP contribution >= 0.6 is 0 Å². The summed E-state index contributed by atoms with van der Waals surface area (Å²) in [5.74, 6) is -1.59. The molecule has 198 valence electrons. The molecule has 0 amide bonds. The van der Waals surface area contributed by atoms with Crippen molar-refractivity contribution >= 4 is 43.6 Å². The molecule has 0 aliphatic rings. The number of nitrogens with zero attached hydrogens (tertiary/aromatic N) is 4. The largest absolute Gasteiger partial charge is 0.470 e. The van der Waals surface area contributed by atoms with Gasteiger partial charge in [-0.05, 0) is 42.5 Å². The van der Waals surface area contributed by atoms with Crippen molar-refractivity contribution in [3.05, 3.63) is 121 Å². The first kappa shape index (κ1) is 23.5. The maximum atomic E-state index is 13.4. The molecule has 0 aliphatic carbocycles. The van der Waals surface area contributed by atoms with Crippen LogP contribution in [0.2, 0.25) is 0 Å². The van der Waals surface area contributed by atoms with Crippen molar-refractivity contribution in [2.75, 3.05) is 0 Å². The molecule has 8 aromatic rings. The Bertz CT molecular complexity index is 2030. The molecule has 0 atom stereocenters. The summed E-state index contributed by atoms with van der Waals surface area (Å²) in [6, 6.07) is 37.9. The number of benzene rings is 5. The Morgan fingerprint density at radius 1 is 0.512 bits per heavy atom. The Kier molecular flexibility index (Phi) is 4.91. The van der Waals surface area contributed by atoms with Crippen LogP contribution in [-0.4, -0.2) is 19.3 Å². The van der Waals surface area contributed by atoms with Gasteiger partial charge in [0.25, 0.3) is 0 Å². The molecule has 0 spiro atoms. The predicted molar refractivity (Wildman–Crippen MR) is 153 cm³/mol. The van der Waals surface area contributed by atoms with Gasteiger partial charge in [0.2, 0.25) is 5.89 Å². The molecule has 0 fully saturated rings. The molecule has 0 bridgehead atoms. The van der Waals surface area contributed by atoms with E-state index in [1.807, 2.05) is 78.9 Å². The second-order valence-electron chi connectivity index (χ2n) is 9.89. The smallest absolute Gasteiger partial charge is 0.413 e. The summed E-state index contributed by atoms with van der Waals surface area (Å²) in [7, 11) is 0. The fourth-order valence-electron chi connectivity index (χ4n) is 5.83. The van der Waals surface area contributed by atoms with Crippen LogP contribution in [0, 0.1) is 0 Å². The summed E-state index contributed by atoms with van der Waals surface area (Å²) in [4.78, 5) is 0. The average molecular weight is 545 g/mol. The van der Waals surface area contributed by atoms with E-state index in [-0.39, 0.29) is 5.89 Å². The monoisotopic (exact) mass is 544 g/mol. The third-order valence-electron chi connectivity index (χ3n) is 7.49. The van der Waals surface area contributed by atoms with Gasteiger partial charge in [-0.3, -0.25) is 0 Å². The average Bonchev–Trinajstić information content (AvgIpc) is 3.70. The second kappa shape index (κ2) is 8.56. The number of aromatic nitrogens is 4. The van der Waals surface area contributed by atoms with E-state index in [4.69, 9.17) is 4.42 Å². The number of rotatable bonds is 3. The number of hydrogen-bond donors (Lipinski definition) is 0. The maximum absolute atomic E-state index is 13.4. The third-order valence-corrected chi connectivity index (χ3v) is 7.49. The summed E-state index contributed by atoms with van der Waals surface area (Å²) in [5, 5.41) is 11.4. The van der Waals surface area contributed by atoms with E-state index in [2.05, 4.69) is 43.6 Å². The lowest BCUT2D eigenvalue weighted by Gasteiger charge is -2.14. The number of halogens is 3. The Labute approximate surface area is 230 Å². The van der Waals surface area contributed by atoms with E-state index >= 15 is 0 Å². The molecular formula is C33H19F3N4O. The SMILES string of the molecule is FC(F)(F)c1nnc(-c2cc(-n3c4ccccc4c4ccccc43)cc(-n3c4ccccc4c4ccccc43)c2)o1. The molecule has 0 unspecified atom stereocenters. The molecule has 3 heterocycles. The highest BCUT2D eigenvalue weighted by Gasteiger charge is 2.38. The number of alkyl halides is 3. The van der Waals surface area contributed by atoms with Crippen LogP contribution in [0.15, 0.2) is 120 Å². The first-order valence-corrected chi connectivity index (χ1v) is 13.0. The normalized spacial score (nSPS) is 12.3. The van der Waals surface area contributed by atoms with Gasteiger partial charge in [-0.15, -0.1) is 10.2 Å². The predicted octanol–water partition coefficient (Wildman–Crippen LogP) is 8.95. The van der Waals surface area contributed by atoms with Gasteiger partial charge in [0.05, 0.1) is 22.1 Å². The summed E-state index contributed by atoms with van der Waals surface area (Å²) in [5.41, 5.74) is 5.78. The van der Waals surface area contributed by atoms with Crippen LogP contribution in [0.5, 0.6) is 0 Å². The Morgan fingerprint density at radius 2 is 0.902 bits per heavy atom. The molecule has 0 N–H and O–H groups in total. The van der Waals surface area contributed by atoms with Gasteiger partial charge < -0.3 is 13.6 Å². The van der Waals surface area contributed by atoms with Crippen molar-refractivity contribution in [3.63, 3.8) is 0 Å². The van der Waals surface area contributed by atoms with Crippen LogP contribution in [-0.2, 0) is 6.18 Å². The Hall–Kier alpha value is -5.37. The molecule has 0 saturated heterocycles. The highest BCUT2D eigenvalue weighted by atomic mass is 19.4. The van der Waals surface area contributed by atoms with E-state index in [0.29, 0.717) is 5.56 Å². The summed E-state index contributed by atoms with van der Waals surface area (Å²) >= 11 is 0. The second-order valence-corrected chi connectivity index (χ2v) is 9.89. The van der Waals surface area contributed by atoms with E-state index in [1.165, 1.54) is 0 Å². The van der Waals surface area contributed by atoms with Crippen LogP contribution in [0.25, 0.3) is 66.4 Å². The van der Waals surface area contributed by atoms with E-state index in [0.717, 1.165) is 55.0 Å². The van der Waals surface area contributed by atoms with Gasteiger partial charge in [0.1, 0.15) is 0 Å². The quantitative estimate of drug-likeness (QED) is 0.223. The zero-order valence-corrected chi connectivity index (χ0v) is 21.3. The summed E-state index contributed by atoms with van der Waals surface area (Å²) in [6.07, 6.45) is -4.74. The molecule has 0 aliphatic heterocycles. The number of hydrogen-bond acceptors (Lipinski definition) is 3. The molecule has 3 aromatic heterocycles. The lowest BCUT2D eigenvalue weighted by molar-refractivity contribution is -0.156. The molecule has 8 heteroatoms. The molecular weight excluding hydrogens is 525 g/mol. The molecule has 5 nitrogen and oxygen atoms in total. The topological polar surface area (TPSA) is 48.8 Å². The zero-order valence-electron chi connectivity index (χ0n) is 21.3. The number of para-hydroxylation sites is 4. The molecule has 0 radical (unpaired) electrons. The van der Waals surface area contributed by atoms with Crippen molar-refractivity contribution in [2.24, 2.45) is 0 Å². The first-order chi connectivity index (χ1) is 20.0. The van der Waals surface area contributed by atoms with Gasteiger partial charge >= 0.3 is 12.1 Å². The first-order valence-electron chi connectivity index (χ1n) is 13.0. The van der Waals surface area contributed by atoms with Crippen LogP contribution in [0.3, 0.4) is 0 Å². The van der Waals surface area contributed by atoms with Crippen LogP contribution in [0.1, 0.15) is 5.89 Å². The summed E-state index contributed by atoms with van der Waals surface area (Å²) in [6.45, 7) is 0. The van der Waals surface area contributed by atoms with Crippen molar-refractivity contribution in [1.82, 2.24) is 19.3 Å². The zero-order chi connectivity index (χ0) is 27.7. The summed E-state index contributed by atoms with van der Waals surface area (Å²) < 4.78 is 49.6. The lowest BCUT2D eigenvalue weighted by atomic mass is 10.1. The van der Waals surface area contributed by atoms with E-state index in [1.54, 1.807) is 12.1 Å². The Morgan fingerprint density at radius 3 is 1.27 bits per heavy atom. The Balaban J connectivity index is 1.48. The molecule has 0 saturated carbocycles. The molecule has 8 rings (SSSR count). The van der Waals surface area contributed by atoms with Crippen molar-refractivity contribution in [2.45, 2.75) is 6.18 Å². The lowest BCUT2D eigenvalue weighted by Crippen LogP contribution is -2.04. The van der Waals surface area contributed by atoms with Gasteiger partial charge in [-0.2, -0.15) is 13.2 Å². The van der Waals surface area contributed by atoms with E-state index < -0.39 is 12.1 Å². The fraction of sp³-hybridized carbons (Fsp3) is 0.0303. The maximum Gasteiger partial charge on any atom is 0.470 e. The number of fused-ring (bicyclic) bond motifs is 6. The fourth-order valence-corrected chi connectivity index (χ4v) is 5.83. The van der Waals surface area contributed by atoms with Crippen LogP contribution < -0.4 is 0 Å². The van der Waals surface area contributed by atoms with Gasteiger partial charge in [-0.1, -0.05) is 72.8 Å². The van der Waals surface area contributed by atoms with Crippen LogP contribution in [0.4, 0.5) is 13.2 Å². The van der Waals surface area contributed by atoms with E-state index in [9.17, 15) is 13.2 Å². The highest BCUT2D eigenvalue weighted by Crippen LogP contribution is 2.38. The van der Waals surface area contributed by atoms with Gasteiger partial charge in [0, 0.05) is 38.5 Å². The minimum absolute atomic E-state index is 0.207. The van der Waals surface area contributed by atoms with Crippen molar-refractivity contribution < 1.29 is 17.6 Å². The minimum atomic E-state index is -4.74. The minimum Gasteiger partial charge on any atom is -0.413 e. The molecule has 5 aromatic carbocycles. The standard InChI is InChI=1S/C33H19F3N4O/c34-33(35,36)32-38-37-31(41-32)20-17-21(39-27-13-5-1-9-23(27)24-10-2-6-14-28(24)39)19-22(18-20)40-29-15-7-3-11-25(29)26-12-4-8-16-30(26)40/h1-19H. The van der Waals surface area contributed by atoms with Crippen molar-refractivity contribution in [1.29, 1.82) is 0 Å². The van der Waals surface area contributed by atoms with Gasteiger partial charge in [-0.25, -0.2) is 0 Å².